The Labute approximate surface area is 113 Å². The van der Waals surface area contributed by atoms with E-state index in [0.717, 1.165) is 24.8 Å². The monoisotopic (exact) mass is 317 g/mol. The highest BCUT2D eigenvalue weighted by atomic mass is 79.9. The number of fused-ring (bicyclic) bond motifs is 1. The van der Waals surface area contributed by atoms with Gasteiger partial charge in [-0.1, -0.05) is 15.9 Å². The minimum absolute atomic E-state index is 0.142. The molecule has 1 aliphatic heterocycles. The van der Waals surface area contributed by atoms with E-state index < -0.39 is 17.9 Å². The Morgan fingerprint density at radius 3 is 2.78 bits per heavy atom. The fourth-order valence-electron chi connectivity index (χ4n) is 2.88. The minimum Gasteiger partial charge on any atom is -0.481 e. The molecule has 1 saturated carbocycles. The van der Waals surface area contributed by atoms with E-state index in [-0.39, 0.29) is 18.4 Å². The van der Waals surface area contributed by atoms with Gasteiger partial charge in [0.1, 0.15) is 0 Å². The van der Waals surface area contributed by atoms with E-state index >= 15 is 0 Å². The second-order valence-corrected chi connectivity index (χ2v) is 6.22. The molecule has 0 aromatic heterocycles. The van der Waals surface area contributed by atoms with Gasteiger partial charge in [0.2, 0.25) is 0 Å². The highest BCUT2D eigenvalue weighted by Crippen LogP contribution is 2.40. The molecular weight excluding hydrogens is 302 g/mol. The summed E-state index contributed by atoms with van der Waals surface area (Å²) in [6.45, 7) is 0. The summed E-state index contributed by atoms with van der Waals surface area (Å²) in [4.78, 5) is 22.4. The van der Waals surface area contributed by atoms with Crippen molar-refractivity contribution in [1.82, 2.24) is 5.32 Å². The van der Waals surface area contributed by atoms with Crippen LogP contribution < -0.4 is 5.32 Å². The summed E-state index contributed by atoms with van der Waals surface area (Å²) in [5.74, 6) is -2.90. The maximum Gasteiger partial charge on any atom is 0.311 e. The number of carboxylic acid groups (broad SMARTS) is 2. The largest absolute Gasteiger partial charge is 0.481 e. The van der Waals surface area contributed by atoms with Crippen molar-refractivity contribution >= 4 is 27.9 Å². The number of carboxylic acids is 2. The predicted molar refractivity (Wildman–Crippen MR) is 68.4 cm³/mol. The van der Waals surface area contributed by atoms with Crippen molar-refractivity contribution in [2.24, 2.45) is 11.8 Å². The topological polar surface area (TPSA) is 86.6 Å². The summed E-state index contributed by atoms with van der Waals surface area (Å²) < 4.78 is 0. The van der Waals surface area contributed by atoms with Gasteiger partial charge in [0.15, 0.2) is 0 Å². The molecule has 0 aromatic rings. The molecule has 0 radical (unpaired) electrons. The van der Waals surface area contributed by atoms with Gasteiger partial charge in [-0.2, -0.15) is 0 Å². The van der Waals surface area contributed by atoms with Gasteiger partial charge in [-0.15, -0.1) is 0 Å². The Balaban J connectivity index is 2.15. The average Bonchev–Trinajstić information content (AvgIpc) is 2.68. The molecule has 5 nitrogen and oxygen atoms in total. The van der Waals surface area contributed by atoms with Crippen molar-refractivity contribution in [2.45, 2.75) is 36.6 Å². The first-order valence-corrected chi connectivity index (χ1v) is 6.95. The van der Waals surface area contributed by atoms with Gasteiger partial charge in [-0.3, -0.25) is 9.59 Å². The van der Waals surface area contributed by atoms with E-state index in [0.29, 0.717) is 4.83 Å². The molecule has 100 valence electrons. The molecule has 1 aliphatic carbocycles. The van der Waals surface area contributed by atoms with E-state index in [1.54, 1.807) is 6.20 Å². The molecule has 4 unspecified atom stereocenters. The number of hydrogen-bond donors (Lipinski definition) is 3. The third-order valence-electron chi connectivity index (χ3n) is 3.76. The summed E-state index contributed by atoms with van der Waals surface area (Å²) in [6.07, 6.45) is 4.29. The Kier molecular flexibility index (Phi) is 3.94. The summed E-state index contributed by atoms with van der Waals surface area (Å²) in [7, 11) is 0. The molecule has 1 heterocycles. The fraction of sp³-hybridized carbons (Fsp3) is 0.667. The lowest BCUT2D eigenvalue weighted by molar-refractivity contribution is -0.147. The number of rotatable bonds is 4. The smallest absolute Gasteiger partial charge is 0.311 e. The molecule has 6 heteroatoms. The van der Waals surface area contributed by atoms with Crippen LogP contribution in [0.5, 0.6) is 0 Å². The van der Waals surface area contributed by atoms with E-state index in [4.69, 9.17) is 5.11 Å². The van der Waals surface area contributed by atoms with E-state index in [2.05, 4.69) is 21.2 Å². The zero-order chi connectivity index (χ0) is 13.3. The Hall–Kier alpha value is -1.04. The van der Waals surface area contributed by atoms with Crippen LogP contribution in [-0.4, -0.2) is 33.0 Å². The first-order valence-electron chi connectivity index (χ1n) is 6.03. The summed E-state index contributed by atoms with van der Waals surface area (Å²) >= 11 is 3.57. The quantitative estimate of drug-likeness (QED) is 0.685. The number of hydrogen-bond acceptors (Lipinski definition) is 3. The van der Waals surface area contributed by atoms with Crippen molar-refractivity contribution in [3.05, 3.63) is 11.8 Å². The summed E-state index contributed by atoms with van der Waals surface area (Å²) in [5.41, 5.74) is 0.735. The van der Waals surface area contributed by atoms with Crippen LogP contribution in [0.1, 0.15) is 25.7 Å². The number of halogens is 1. The van der Waals surface area contributed by atoms with Crippen molar-refractivity contribution in [2.75, 3.05) is 0 Å². The van der Waals surface area contributed by atoms with Crippen molar-refractivity contribution < 1.29 is 19.8 Å². The Morgan fingerprint density at radius 2 is 2.17 bits per heavy atom. The highest BCUT2D eigenvalue weighted by molar-refractivity contribution is 9.09. The van der Waals surface area contributed by atoms with Crippen LogP contribution in [0.15, 0.2) is 11.8 Å². The van der Waals surface area contributed by atoms with Gasteiger partial charge in [0.05, 0.1) is 12.3 Å². The maximum atomic E-state index is 11.2. The van der Waals surface area contributed by atoms with Gasteiger partial charge in [0.25, 0.3) is 0 Å². The molecule has 0 bridgehead atoms. The predicted octanol–water partition coefficient (Wildman–Crippen LogP) is 1.58. The highest BCUT2D eigenvalue weighted by Gasteiger charge is 2.40. The van der Waals surface area contributed by atoms with E-state index in [9.17, 15) is 14.7 Å². The first-order chi connectivity index (χ1) is 8.49. The second-order valence-electron chi connectivity index (χ2n) is 4.92. The molecule has 0 spiro atoms. The molecule has 0 amide bonds. The number of alkyl halides is 1. The van der Waals surface area contributed by atoms with Crippen molar-refractivity contribution in [1.29, 1.82) is 0 Å². The lowest BCUT2D eigenvalue weighted by Gasteiger charge is -2.32. The molecule has 18 heavy (non-hydrogen) atoms. The summed E-state index contributed by atoms with van der Waals surface area (Å²) in [5, 5.41) is 21.2. The first kappa shape index (κ1) is 13.4. The van der Waals surface area contributed by atoms with Gasteiger partial charge in [-0.05, 0) is 31.0 Å². The van der Waals surface area contributed by atoms with E-state index in [1.165, 1.54) is 0 Å². The Morgan fingerprint density at radius 1 is 1.44 bits per heavy atom. The number of aliphatic carboxylic acids is 2. The van der Waals surface area contributed by atoms with Crippen LogP contribution >= 0.6 is 15.9 Å². The van der Waals surface area contributed by atoms with Gasteiger partial charge in [0, 0.05) is 16.8 Å². The van der Waals surface area contributed by atoms with Crippen LogP contribution in [0, 0.1) is 11.8 Å². The molecule has 2 rings (SSSR count). The van der Waals surface area contributed by atoms with E-state index in [1.807, 2.05) is 0 Å². The lowest BCUT2D eigenvalue weighted by Crippen LogP contribution is -2.36. The van der Waals surface area contributed by atoms with Crippen LogP contribution in [-0.2, 0) is 9.59 Å². The minimum atomic E-state index is -1.07. The van der Waals surface area contributed by atoms with Crippen LogP contribution in [0.25, 0.3) is 0 Å². The molecule has 3 N–H and O–H groups in total. The van der Waals surface area contributed by atoms with Crippen LogP contribution in [0.2, 0.25) is 0 Å². The normalized spacial score (nSPS) is 32.1. The molecule has 4 atom stereocenters. The maximum absolute atomic E-state index is 11.2. The van der Waals surface area contributed by atoms with Gasteiger partial charge >= 0.3 is 11.9 Å². The van der Waals surface area contributed by atoms with Crippen molar-refractivity contribution in [3.63, 3.8) is 0 Å². The Bertz CT molecular complexity index is 396. The molecule has 0 saturated heterocycles. The zero-order valence-corrected chi connectivity index (χ0v) is 11.4. The number of nitrogens with one attached hydrogen (secondary N) is 1. The van der Waals surface area contributed by atoms with Gasteiger partial charge in [-0.25, -0.2) is 0 Å². The molecule has 0 aromatic carbocycles. The standard InChI is InChI=1S/C12H16BrNO4/c13-6-1-2-10-7(3-6)9(5-14-10)8(12(17)18)4-11(15)16/h5-8,10,14H,1-4H2,(H,15,16)(H,17,18). The number of carbonyl (C=O) groups is 2. The lowest BCUT2D eigenvalue weighted by atomic mass is 9.77. The fourth-order valence-corrected chi connectivity index (χ4v) is 3.55. The second kappa shape index (κ2) is 5.30. The van der Waals surface area contributed by atoms with Gasteiger partial charge < -0.3 is 15.5 Å². The average molecular weight is 318 g/mol. The molecular formula is C12H16BrNO4. The summed E-state index contributed by atoms with van der Waals surface area (Å²) in [6, 6.07) is 0.268. The van der Waals surface area contributed by atoms with Crippen LogP contribution in [0.4, 0.5) is 0 Å². The molecule has 2 aliphatic rings. The van der Waals surface area contributed by atoms with Crippen LogP contribution in [0.3, 0.4) is 0 Å². The molecule has 1 fully saturated rings. The van der Waals surface area contributed by atoms with Crippen molar-refractivity contribution in [3.8, 4) is 0 Å². The SMILES string of the molecule is O=C(O)CC(C(=O)O)C1=CNC2CCC(Br)CC12. The third kappa shape index (κ3) is 2.68. The third-order valence-corrected chi connectivity index (χ3v) is 4.59. The zero-order valence-electron chi connectivity index (χ0n) is 9.80.